The van der Waals surface area contributed by atoms with Crippen molar-refractivity contribution in [3.8, 4) is 5.75 Å². The van der Waals surface area contributed by atoms with Gasteiger partial charge in [-0.3, -0.25) is 19.2 Å². The molecule has 12 nitrogen and oxygen atoms in total. The van der Waals surface area contributed by atoms with Gasteiger partial charge in [0.05, 0.1) is 23.3 Å². The number of aromatic amines is 1. The molecular formula is C21H19N7O5. The first-order chi connectivity index (χ1) is 16.0. The number of hydrogen-bond donors (Lipinski definition) is 4. The molecule has 3 aromatic rings. The average molecular weight is 449 g/mol. The van der Waals surface area contributed by atoms with Gasteiger partial charge in [-0.25, -0.2) is 9.97 Å². The molecule has 0 aliphatic carbocycles. The van der Waals surface area contributed by atoms with Crippen molar-refractivity contribution < 1.29 is 23.9 Å². The third-order valence-electron chi connectivity index (χ3n) is 5.36. The van der Waals surface area contributed by atoms with E-state index in [4.69, 9.17) is 4.74 Å². The number of ether oxygens (including phenoxy) is 1. The van der Waals surface area contributed by atoms with Crippen molar-refractivity contribution >= 4 is 40.3 Å². The van der Waals surface area contributed by atoms with Crippen LogP contribution in [0, 0.1) is 0 Å². The molecule has 5 rings (SSSR count). The topological polar surface area (TPSA) is 158 Å². The number of nitrogens with one attached hydrogen (secondary N) is 4. The van der Waals surface area contributed by atoms with Crippen molar-refractivity contribution in [1.29, 1.82) is 0 Å². The van der Waals surface area contributed by atoms with Crippen LogP contribution in [0.3, 0.4) is 0 Å². The number of carbonyl (C=O) groups is 4. The Morgan fingerprint density at radius 1 is 1.18 bits per heavy atom. The molecule has 33 heavy (non-hydrogen) atoms. The maximum atomic E-state index is 12.9. The molecule has 1 aromatic carbocycles. The molecular weight excluding hydrogens is 430 g/mol. The maximum absolute atomic E-state index is 12.9. The Morgan fingerprint density at radius 2 is 2.06 bits per heavy atom. The van der Waals surface area contributed by atoms with Gasteiger partial charge in [0, 0.05) is 25.8 Å². The number of fused-ring (bicyclic) bond motifs is 2. The lowest BCUT2D eigenvalue weighted by molar-refractivity contribution is -0.123. The Hall–Kier alpha value is -4.48. The third-order valence-corrected chi connectivity index (χ3v) is 5.36. The van der Waals surface area contributed by atoms with Gasteiger partial charge in [0.15, 0.2) is 12.3 Å². The van der Waals surface area contributed by atoms with E-state index in [9.17, 15) is 19.2 Å². The molecule has 2 aliphatic rings. The van der Waals surface area contributed by atoms with Gasteiger partial charge in [0.1, 0.15) is 17.6 Å². The highest BCUT2D eigenvalue weighted by molar-refractivity contribution is 6.11. The largest absolute Gasteiger partial charge is 0.482 e. The average Bonchev–Trinajstić information content (AvgIpc) is 3.26. The molecule has 0 saturated carbocycles. The lowest BCUT2D eigenvalue weighted by Crippen LogP contribution is -2.49. The van der Waals surface area contributed by atoms with Crippen LogP contribution in [0.1, 0.15) is 26.4 Å². The Kier molecular flexibility index (Phi) is 5.09. The van der Waals surface area contributed by atoms with Crippen LogP contribution in [0.4, 0.5) is 5.69 Å². The second-order valence-electron chi connectivity index (χ2n) is 7.57. The number of piperazine rings is 1. The van der Waals surface area contributed by atoms with Crippen LogP contribution in [0.2, 0.25) is 0 Å². The molecule has 12 heteroatoms. The second kappa shape index (κ2) is 8.22. The lowest BCUT2D eigenvalue weighted by Gasteiger charge is -2.26. The van der Waals surface area contributed by atoms with E-state index in [2.05, 4.69) is 30.9 Å². The fourth-order valence-electron chi connectivity index (χ4n) is 3.76. The zero-order chi connectivity index (χ0) is 22.9. The normalized spacial score (nSPS) is 15.3. The van der Waals surface area contributed by atoms with Crippen molar-refractivity contribution in [2.45, 2.75) is 6.54 Å². The smallest absolute Gasteiger partial charge is 0.272 e. The van der Waals surface area contributed by atoms with Crippen LogP contribution < -0.4 is 20.7 Å². The summed E-state index contributed by atoms with van der Waals surface area (Å²) in [7, 11) is 0. The fraction of sp³-hybridized carbons (Fsp3) is 0.238. The molecule has 0 atom stereocenters. The highest BCUT2D eigenvalue weighted by Crippen LogP contribution is 2.28. The van der Waals surface area contributed by atoms with Crippen molar-refractivity contribution in [3.05, 3.63) is 47.5 Å². The Morgan fingerprint density at radius 3 is 2.91 bits per heavy atom. The van der Waals surface area contributed by atoms with Gasteiger partial charge in [-0.15, -0.1) is 0 Å². The van der Waals surface area contributed by atoms with E-state index in [1.807, 2.05) is 0 Å². The number of benzene rings is 1. The van der Waals surface area contributed by atoms with Gasteiger partial charge in [0.2, 0.25) is 5.91 Å². The Balaban J connectivity index is 1.33. The van der Waals surface area contributed by atoms with E-state index in [1.165, 1.54) is 17.4 Å². The van der Waals surface area contributed by atoms with E-state index < -0.39 is 5.91 Å². The van der Waals surface area contributed by atoms with Gasteiger partial charge in [-0.2, -0.15) is 0 Å². The van der Waals surface area contributed by atoms with Crippen molar-refractivity contribution in [2.24, 2.45) is 0 Å². The van der Waals surface area contributed by atoms with Gasteiger partial charge in [0.25, 0.3) is 17.7 Å². The predicted molar refractivity (Wildman–Crippen MR) is 115 cm³/mol. The summed E-state index contributed by atoms with van der Waals surface area (Å²) in [5.41, 5.74) is 2.28. The predicted octanol–water partition coefficient (Wildman–Crippen LogP) is -0.209. The zero-order valence-corrected chi connectivity index (χ0v) is 17.3. The molecule has 2 aromatic heterocycles. The summed E-state index contributed by atoms with van der Waals surface area (Å²) < 4.78 is 5.33. The minimum absolute atomic E-state index is 0.0294. The van der Waals surface area contributed by atoms with Crippen LogP contribution >= 0.6 is 0 Å². The maximum Gasteiger partial charge on any atom is 0.272 e. The summed E-state index contributed by atoms with van der Waals surface area (Å²) in [5, 5.41) is 8.18. The number of hydrogen-bond acceptors (Lipinski definition) is 7. The van der Waals surface area contributed by atoms with Crippen LogP contribution in [-0.2, 0) is 16.1 Å². The van der Waals surface area contributed by atoms with Gasteiger partial charge >= 0.3 is 0 Å². The molecule has 4 N–H and O–H groups in total. The van der Waals surface area contributed by atoms with E-state index >= 15 is 0 Å². The number of amides is 4. The van der Waals surface area contributed by atoms with Crippen LogP contribution in [0.15, 0.2) is 30.7 Å². The van der Waals surface area contributed by atoms with Crippen molar-refractivity contribution in [1.82, 2.24) is 30.5 Å². The molecule has 4 heterocycles. The van der Waals surface area contributed by atoms with E-state index in [0.717, 1.165) is 5.56 Å². The summed E-state index contributed by atoms with van der Waals surface area (Å²) in [5.74, 6) is -0.707. The summed E-state index contributed by atoms with van der Waals surface area (Å²) in [4.78, 5) is 61.4. The zero-order valence-electron chi connectivity index (χ0n) is 17.3. The minimum Gasteiger partial charge on any atom is -0.482 e. The molecule has 4 amide bonds. The molecule has 1 saturated heterocycles. The number of aromatic nitrogens is 3. The molecule has 0 radical (unpaired) electrons. The van der Waals surface area contributed by atoms with E-state index in [0.29, 0.717) is 35.6 Å². The summed E-state index contributed by atoms with van der Waals surface area (Å²) in [6, 6.07) is 5.23. The number of carbonyl (C=O) groups excluding carboxylic acids is 4. The number of anilines is 1. The first-order valence-corrected chi connectivity index (χ1v) is 10.2. The highest BCUT2D eigenvalue weighted by atomic mass is 16.5. The quantitative estimate of drug-likeness (QED) is 0.429. The number of nitrogens with zero attached hydrogens (tertiary/aromatic N) is 3. The monoisotopic (exact) mass is 449 g/mol. The van der Waals surface area contributed by atoms with Gasteiger partial charge < -0.3 is 30.6 Å². The van der Waals surface area contributed by atoms with Gasteiger partial charge in [-0.1, -0.05) is 6.07 Å². The number of rotatable bonds is 4. The van der Waals surface area contributed by atoms with Gasteiger partial charge in [-0.05, 0) is 17.7 Å². The molecule has 0 spiro atoms. The highest BCUT2D eigenvalue weighted by Gasteiger charge is 2.26. The Bertz CT molecular complexity index is 1300. The summed E-state index contributed by atoms with van der Waals surface area (Å²) >= 11 is 0. The molecule has 1 fully saturated rings. The third kappa shape index (κ3) is 3.93. The molecule has 0 bridgehead atoms. The minimum atomic E-state index is -0.460. The standard InChI is InChI=1S/C21H19N7O5/c29-15-8-28(4-3-22-15)21(32)12-7-23-18-17(12)25-10-26-19(18)20(31)24-6-11-1-2-14-13(5-11)27-16(30)9-33-14/h1-2,5,7,10,23H,3-4,6,8-9H2,(H,22,29)(H,24,31)(H,27,30). The molecule has 168 valence electrons. The van der Waals surface area contributed by atoms with Crippen molar-refractivity contribution in [2.75, 3.05) is 31.6 Å². The Labute approximate surface area is 186 Å². The van der Waals surface area contributed by atoms with E-state index in [1.54, 1.807) is 18.2 Å². The fourth-order valence-corrected chi connectivity index (χ4v) is 3.76. The number of H-pyrrole nitrogens is 1. The summed E-state index contributed by atoms with van der Waals surface area (Å²) in [6.45, 7) is 0.896. The first-order valence-electron chi connectivity index (χ1n) is 10.2. The SMILES string of the molecule is O=C1CN(C(=O)c2c[nH]c3c(C(=O)NCc4ccc5c(c4)NC(=O)CO5)ncnc23)CCN1. The van der Waals surface area contributed by atoms with E-state index in [-0.39, 0.29) is 48.7 Å². The second-order valence-corrected chi connectivity index (χ2v) is 7.57. The lowest BCUT2D eigenvalue weighted by atomic mass is 10.1. The molecule has 0 unspecified atom stereocenters. The molecule has 2 aliphatic heterocycles. The summed E-state index contributed by atoms with van der Waals surface area (Å²) in [6.07, 6.45) is 2.69. The van der Waals surface area contributed by atoms with Crippen LogP contribution in [0.5, 0.6) is 5.75 Å². The van der Waals surface area contributed by atoms with Crippen LogP contribution in [0.25, 0.3) is 11.0 Å². The van der Waals surface area contributed by atoms with Crippen LogP contribution in [-0.4, -0.2) is 69.7 Å². The van der Waals surface area contributed by atoms with Crippen molar-refractivity contribution in [3.63, 3.8) is 0 Å². The first kappa shape index (κ1) is 20.4.